The minimum atomic E-state index is -0.129. The van der Waals surface area contributed by atoms with Crippen LogP contribution in [0.4, 0.5) is 17.5 Å². The molecule has 0 aliphatic rings. The third-order valence-corrected chi connectivity index (χ3v) is 4.87. The number of aliphatic hydroxyl groups excluding tert-OH is 1. The summed E-state index contributed by atoms with van der Waals surface area (Å²) in [4.78, 5) is 13.7. The van der Waals surface area contributed by atoms with E-state index in [1.807, 2.05) is 44.4 Å². The van der Waals surface area contributed by atoms with Crippen molar-refractivity contribution in [3.05, 3.63) is 35.7 Å². The Bertz CT molecular complexity index is 951. The zero-order valence-electron chi connectivity index (χ0n) is 16.9. The van der Waals surface area contributed by atoms with Crippen LogP contribution in [0.1, 0.15) is 31.9 Å². The molecule has 0 radical (unpaired) electrons. The van der Waals surface area contributed by atoms with Gasteiger partial charge in [0.2, 0.25) is 5.95 Å². The van der Waals surface area contributed by atoms with Crippen LogP contribution in [0.3, 0.4) is 0 Å². The van der Waals surface area contributed by atoms with Gasteiger partial charge in [-0.25, -0.2) is 4.98 Å². The van der Waals surface area contributed by atoms with E-state index in [0.717, 1.165) is 29.0 Å². The van der Waals surface area contributed by atoms with Crippen molar-refractivity contribution in [3.8, 4) is 0 Å². The Kier molecular flexibility index (Phi) is 5.99. The molecule has 5 N–H and O–H groups in total. The van der Waals surface area contributed by atoms with Crippen LogP contribution in [-0.2, 0) is 13.1 Å². The van der Waals surface area contributed by atoms with Crippen LogP contribution in [-0.4, -0.2) is 37.3 Å². The molecule has 0 saturated heterocycles. The number of nitrogens with one attached hydrogen (secondary N) is 2. The van der Waals surface area contributed by atoms with Gasteiger partial charge in [-0.3, -0.25) is 0 Å². The molecule has 28 heavy (non-hydrogen) atoms. The molecule has 1 atom stereocenters. The van der Waals surface area contributed by atoms with E-state index in [4.69, 9.17) is 5.73 Å². The molecule has 3 rings (SSSR count). The van der Waals surface area contributed by atoms with Gasteiger partial charge in [-0.15, -0.1) is 0 Å². The third-order valence-electron chi connectivity index (χ3n) is 4.87. The van der Waals surface area contributed by atoms with Crippen molar-refractivity contribution < 1.29 is 5.11 Å². The fraction of sp³-hybridized carbons (Fsp3) is 0.450. The molecular formula is C20H29N7O. The minimum Gasteiger partial charge on any atom is -0.398 e. The molecule has 3 aromatic rings. The lowest BCUT2D eigenvalue weighted by Gasteiger charge is -2.20. The number of aromatic nitrogens is 4. The van der Waals surface area contributed by atoms with Gasteiger partial charge in [-0.2, -0.15) is 9.97 Å². The predicted octanol–water partition coefficient (Wildman–Crippen LogP) is 2.78. The summed E-state index contributed by atoms with van der Waals surface area (Å²) in [5.74, 6) is 1.35. The Morgan fingerprint density at radius 2 is 2.04 bits per heavy atom. The molecule has 0 amide bonds. The number of nitrogens with two attached hydrogens (primary N) is 1. The van der Waals surface area contributed by atoms with Crippen molar-refractivity contribution in [1.29, 1.82) is 0 Å². The number of nitrogen functional groups attached to an aromatic ring is 1. The highest BCUT2D eigenvalue weighted by molar-refractivity contribution is 5.84. The quantitative estimate of drug-likeness (QED) is 0.442. The smallest absolute Gasteiger partial charge is 0.227 e. The number of hydrogen-bond acceptors (Lipinski definition) is 7. The molecule has 8 nitrogen and oxygen atoms in total. The lowest BCUT2D eigenvalue weighted by molar-refractivity contribution is 0.248. The average Bonchev–Trinajstić information content (AvgIpc) is 3.09. The molecule has 8 heteroatoms. The van der Waals surface area contributed by atoms with E-state index in [-0.39, 0.29) is 18.6 Å². The molecule has 0 bridgehead atoms. The maximum absolute atomic E-state index is 9.64. The molecule has 0 fully saturated rings. The lowest BCUT2D eigenvalue weighted by atomic mass is 10.1. The van der Waals surface area contributed by atoms with Crippen LogP contribution in [0.2, 0.25) is 0 Å². The zero-order chi connectivity index (χ0) is 20.3. The Morgan fingerprint density at radius 3 is 2.71 bits per heavy atom. The number of imidazole rings is 1. The molecule has 2 aromatic heterocycles. The zero-order valence-corrected chi connectivity index (χ0v) is 16.9. The first-order valence-corrected chi connectivity index (χ1v) is 9.62. The Hall–Kier alpha value is -2.87. The van der Waals surface area contributed by atoms with Gasteiger partial charge < -0.3 is 26.0 Å². The van der Waals surface area contributed by atoms with E-state index in [9.17, 15) is 5.11 Å². The van der Waals surface area contributed by atoms with Gasteiger partial charge in [0, 0.05) is 18.8 Å². The summed E-state index contributed by atoms with van der Waals surface area (Å²) in [5, 5.41) is 16.2. The van der Waals surface area contributed by atoms with Crippen LogP contribution >= 0.6 is 0 Å². The van der Waals surface area contributed by atoms with E-state index >= 15 is 0 Å². The van der Waals surface area contributed by atoms with Crippen LogP contribution in [0, 0.1) is 12.8 Å². The summed E-state index contributed by atoms with van der Waals surface area (Å²) in [7, 11) is 0. The summed E-state index contributed by atoms with van der Waals surface area (Å²) in [5.41, 5.74) is 10.5. The van der Waals surface area contributed by atoms with Crippen LogP contribution < -0.4 is 16.4 Å². The van der Waals surface area contributed by atoms with Crippen molar-refractivity contribution in [3.63, 3.8) is 0 Å². The summed E-state index contributed by atoms with van der Waals surface area (Å²) >= 11 is 0. The van der Waals surface area contributed by atoms with E-state index in [1.165, 1.54) is 0 Å². The van der Waals surface area contributed by atoms with Gasteiger partial charge >= 0.3 is 0 Å². The number of nitrogens with zero attached hydrogens (tertiary/aromatic N) is 4. The van der Waals surface area contributed by atoms with Crippen molar-refractivity contribution in [1.82, 2.24) is 19.5 Å². The molecule has 0 aliphatic heterocycles. The van der Waals surface area contributed by atoms with Crippen molar-refractivity contribution in [2.45, 2.75) is 46.8 Å². The maximum Gasteiger partial charge on any atom is 0.227 e. The molecule has 0 saturated carbocycles. The number of benzene rings is 1. The molecule has 150 valence electrons. The fourth-order valence-electron chi connectivity index (χ4n) is 3.02. The summed E-state index contributed by atoms with van der Waals surface area (Å²) < 4.78 is 1.97. The van der Waals surface area contributed by atoms with Gasteiger partial charge in [-0.05, 0) is 31.4 Å². The van der Waals surface area contributed by atoms with Gasteiger partial charge in [0.1, 0.15) is 0 Å². The summed E-state index contributed by atoms with van der Waals surface area (Å²) in [6.07, 6.45) is 1.77. The second-order valence-corrected chi connectivity index (χ2v) is 7.33. The number of rotatable bonds is 8. The topological polar surface area (TPSA) is 114 Å². The predicted molar refractivity (Wildman–Crippen MR) is 113 cm³/mol. The van der Waals surface area contributed by atoms with Gasteiger partial charge in [0.25, 0.3) is 0 Å². The molecule has 2 heterocycles. The first-order valence-electron chi connectivity index (χ1n) is 9.62. The molecule has 1 aromatic carbocycles. The molecular weight excluding hydrogens is 354 g/mol. The van der Waals surface area contributed by atoms with Crippen LogP contribution in [0.15, 0.2) is 24.5 Å². The third kappa shape index (κ3) is 4.17. The normalized spacial score (nSPS) is 12.5. The molecule has 1 unspecified atom stereocenters. The molecule has 0 aliphatic carbocycles. The van der Waals surface area contributed by atoms with E-state index < -0.39 is 0 Å². The number of aryl methyl sites for hydroxylation is 2. The lowest BCUT2D eigenvalue weighted by Crippen LogP contribution is -2.30. The van der Waals surface area contributed by atoms with E-state index in [2.05, 4.69) is 31.7 Å². The largest absolute Gasteiger partial charge is 0.398 e. The van der Waals surface area contributed by atoms with Gasteiger partial charge in [-0.1, -0.05) is 31.5 Å². The number of aliphatic hydroxyl groups is 1. The van der Waals surface area contributed by atoms with E-state index in [0.29, 0.717) is 23.8 Å². The Balaban J connectivity index is 1.95. The fourth-order valence-corrected chi connectivity index (χ4v) is 3.02. The second kappa shape index (κ2) is 8.43. The van der Waals surface area contributed by atoms with Gasteiger partial charge in [0.05, 0.1) is 19.0 Å². The van der Waals surface area contributed by atoms with Gasteiger partial charge in [0.15, 0.2) is 17.0 Å². The van der Waals surface area contributed by atoms with Crippen molar-refractivity contribution in [2.75, 3.05) is 23.0 Å². The first-order chi connectivity index (χ1) is 13.4. The Labute approximate surface area is 165 Å². The number of hydrogen-bond donors (Lipinski definition) is 4. The SMILES string of the molecule is CCn1cnc2c(NCc3cc(C)ccc3N)nc(NC(CO)C(C)C)nc21. The molecule has 0 spiro atoms. The van der Waals surface area contributed by atoms with E-state index in [1.54, 1.807) is 6.33 Å². The summed E-state index contributed by atoms with van der Waals surface area (Å²) in [6, 6.07) is 5.84. The van der Waals surface area contributed by atoms with Crippen LogP contribution in [0.5, 0.6) is 0 Å². The highest BCUT2D eigenvalue weighted by Crippen LogP contribution is 2.23. The first kappa shape index (κ1) is 19.9. The minimum absolute atomic E-state index is 0.00862. The average molecular weight is 384 g/mol. The second-order valence-electron chi connectivity index (χ2n) is 7.33. The highest BCUT2D eigenvalue weighted by Gasteiger charge is 2.17. The monoisotopic (exact) mass is 383 g/mol. The van der Waals surface area contributed by atoms with Crippen molar-refractivity contribution in [2.24, 2.45) is 5.92 Å². The highest BCUT2D eigenvalue weighted by atomic mass is 16.3. The standard InChI is InChI=1S/C20H29N7O/c1-5-27-11-23-17-18(22-9-14-8-13(4)6-7-15(14)21)25-20(26-19(17)27)24-16(10-28)12(2)3/h6-8,11-12,16,28H,5,9-10,21H2,1-4H3,(H2,22,24,25,26). The number of anilines is 3. The van der Waals surface area contributed by atoms with Crippen LogP contribution in [0.25, 0.3) is 11.2 Å². The summed E-state index contributed by atoms with van der Waals surface area (Å²) in [6.45, 7) is 9.47. The number of fused-ring (bicyclic) bond motifs is 1. The van der Waals surface area contributed by atoms with Crippen molar-refractivity contribution >= 4 is 28.6 Å². The Morgan fingerprint density at radius 1 is 1.25 bits per heavy atom. The maximum atomic E-state index is 9.64.